The number of ketones is 1. The van der Waals surface area contributed by atoms with E-state index in [1.807, 2.05) is 6.92 Å². The van der Waals surface area contributed by atoms with Gasteiger partial charge in [0.15, 0.2) is 0 Å². The smallest absolute Gasteiger partial charge is 0.133 e. The summed E-state index contributed by atoms with van der Waals surface area (Å²) >= 11 is 0. The van der Waals surface area contributed by atoms with E-state index in [1.165, 1.54) is 70.6 Å². The molecule has 0 spiro atoms. The maximum Gasteiger partial charge on any atom is 0.133 e. The first-order valence-electron chi connectivity index (χ1n) is 11.4. The third-order valence-electron chi connectivity index (χ3n) is 9.86. The third kappa shape index (κ3) is 2.83. The standard InChI is InChI=1S/C24H40O/c1-16-8-9-21-18-12-15-24(4)20(17(2)25)6-5-7-22(24)19(18)11-14-23(21,3)13-10-16/h16,18-22H,5-15H2,1-4H3. The van der Waals surface area contributed by atoms with Gasteiger partial charge in [0.2, 0.25) is 0 Å². The van der Waals surface area contributed by atoms with Crippen LogP contribution < -0.4 is 0 Å². The van der Waals surface area contributed by atoms with Gasteiger partial charge in [-0.2, -0.15) is 0 Å². The SMILES string of the molecule is CC(=O)C1CCCC2C3CCC4(C)CCC(C)CCC4C3CCC12C. The monoisotopic (exact) mass is 344 g/mol. The summed E-state index contributed by atoms with van der Waals surface area (Å²) in [5.41, 5.74) is 0.936. The van der Waals surface area contributed by atoms with E-state index in [4.69, 9.17) is 0 Å². The zero-order valence-electron chi connectivity index (χ0n) is 17.2. The molecule has 1 nitrogen and oxygen atoms in total. The molecule has 8 atom stereocenters. The summed E-state index contributed by atoms with van der Waals surface area (Å²) in [7, 11) is 0. The van der Waals surface area contributed by atoms with Crippen LogP contribution in [-0.4, -0.2) is 5.78 Å². The third-order valence-corrected chi connectivity index (χ3v) is 9.86. The average molecular weight is 345 g/mol. The lowest BCUT2D eigenvalue weighted by atomic mass is 9.43. The van der Waals surface area contributed by atoms with Crippen molar-refractivity contribution in [1.29, 1.82) is 0 Å². The quantitative estimate of drug-likeness (QED) is 0.520. The minimum absolute atomic E-state index is 0.316. The van der Waals surface area contributed by atoms with Crippen LogP contribution >= 0.6 is 0 Å². The van der Waals surface area contributed by atoms with Crippen molar-refractivity contribution in [3.05, 3.63) is 0 Å². The summed E-state index contributed by atoms with van der Waals surface area (Å²) in [6, 6.07) is 0. The van der Waals surface area contributed by atoms with Crippen LogP contribution in [0.3, 0.4) is 0 Å². The van der Waals surface area contributed by atoms with Gasteiger partial charge in [0.1, 0.15) is 5.78 Å². The first kappa shape index (κ1) is 18.1. The number of carbonyl (C=O) groups is 1. The molecule has 0 saturated heterocycles. The maximum atomic E-state index is 12.4. The van der Waals surface area contributed by atoms with Crippen LogP contribution in [0, 0.1) is 46.3 Å². The number of hydrogen-bond acceptors (Lipinski definition) is 1. The van der Waals surface area contributed by atoms with Gasteiger partial charge in [0.25, 0.3) is 0 Å². The predicted octanol–water partition coefficient (Wildman–Crippen LogP) is 6.65. The molecule has 0 heterocycles. The van der Waals surface area contributed by atoms with Gasteiger partial charge in [-0.25, -0.2) is 0 Å². The van der Waals surface area contributed by atoms with Gasteiger partial charge in [-0.15, -0.1) is 0 Å². The van der Waals surface area contributed by atoms with Gasteiger partial charge < -0.3 is 0 Å². The molecule has 0 N–H and O–H groups in total. The molecule has 8 unspecified atom stereocenters. The molecule has 4 fully saturated rings. The van der Waals surface area contributed by atoms with Crippen LogP contribution in [0.25, 0.3) is 0 Å². The first-order chi connectivity index (χ1) is 11.8. The normalized spacial score (nSPS) is 53.1. The topological polar surface area (TPSA) is 17.1 Å². The largest absolute Gasteiger partial charge is 0.300 e. The Hall–Kier alpha value is -0.330. The minimum atomic E-state index is 0.316. The van der Waals surface area contributed by atoms with Crippen molar-refractivity contribution < 1.29 is 4.79 Å². The molecular formula is C24H40O. The number of Topliss-reactive ketones (excluding diaryl/α,β-unsaturated/α-hetero) is 1. The Labute approximate surface area is 155 Å². The van der Waals surface area contributed by atoms with Gasteiger partial charge in [-0.3, -0.25) is 4.79 Å². The van der Waals surface area contributed by atoms with Gasteiger partial charge in [-0.05, 0) is 98.7 Å². The fourth-order valence-electron chi connectivity index (χ4n) is 8.35. The van der Waals surface area contributed by atoms with E-state index in [-0.39, 0.29) is 0 Å². The second-order valence-electron chi connectivity index (χ2n) is 11.1. The Bertz CT molecular complexity index is 524. The molecule has 0 amide bonds. The summed E-state index contributed by atoms with van der Waals surface area (Å²) < 4.78 is 0. The molecule has 25 heavy (non-hydrogen) atoms. The lowest BCUT2D eigenvalue weighted by molar-refractivity contribution is -0.145. The average Bonchev–Trinajstić information content (AvgIpc) is 2.72. The highest BCUT2D eigenvalue weighted by molar-refractivity contribution is 5.79. The first-order valence-corrected chi connectivity index (χ1v) is 11.4. The van der Waals surface area contributed by atoms with Gasteiger partial charge in [-0.1, -0.05) is 40.0 Å². The Balaban J connectivity index is 1.61. The van der Waals surface area contributed by atoms with Crippen LogP contribution in [0.15, 0.2) is 0 Å². The van der Waals surface area contributed by atoms with Crippen LogP contribution in [0.2, 0.25) is 0 Å². The molecule has 1 heteroatoms. The highest BCUT2D eigenvalue weighted by Gasteiger charge is 2.57. The van der Waals surface area contributed by atoms with E-state index in [9.17, 15) is 4.79 Å². The number of hydrogen-bond donors (Lipinski definition) is 0. The molecule has 0 aliphatic heterocycles. The summed E-state index contributed by atoms with van der Waals surface area (Å²) in [6.45, 7) is 9.49. The lowest BCUT2D eigenvalue weighted by Crippen LogP contribution is -2.54. The minimum Gasteiger partial charge on any atom is -0.300 e. The summed E-state index contributed by atoms with van der Waals surface area (Å²) in [5.74, 6) is 5.47. The van der Waals surface area contributed by atoms with Crippen LogP contribution in [-0.2, 0) is 4.79 Å². The molecule has 0 aromatic carbocycles. The highest BCUT2D eigenvalue weighted by Crippen LogP contribution is 2.65. The van der Waals surface area contributed by atoms with Crippen LogP contribution in [0.4, 0.5) is 0 Å². The van der Waals surface area contributed by atoms with E-state index in [1.54, 1.807) is 0 Å². The second-order valence-corrected chi connectivity index (χ2v) is 11.1. The van der Waals surface area contributed by atoms with Crippen molar-refractivity contribution in [3.8, 4) is 0 Å². The van der Waals surface area contributed by atoms with Gasteiger partial charge in [0, 0.05) is 5.92 Å². The zero-order chi connectivity index (χ0) is 17.8. The number of rotatable bonds is 1. The fraction of sp³-hybridized carbons (Fsp3) is 0.958. The molecule has 4 aliphatic carbocycles. The van der Waals surface area contributed by atoms with Crippen molar-refractivity contribution in [2.24, 2.45) is 46.3 Å². The van der Waals surface area contributed by atoms with Crippen molar-refractivity contribution in [2.45, 2.75) is 98.3 Å². The Morgan fingerprint density at radius 1 is 0.800 bits per heavy atom. The summed E-state index contributed by atoms with van der Waals surface area (Å²) in [5, 5.41) is 0. The predicted molar refractivity (Wildman–Crippen MR) is 104 cm³/mol. The fourth-order valence-corrected chi connectivity index (χ4v) is 8.35. The molecule has 0 aromatic heterocycles. The molecule has 4 saturated carbocycles. The Morgan fingerprint density at radius 2 is 1.48 bits per heavy atom. The number of fused-ring (bicyclic) bond motifs is 5. The van der Waals surface area contributed by atoms with Crippen molar-refractivity contribution in [1.82, 2.24) is 0 Å². The molecular weight excluding hydrogens is 304 g/mol. The van der Waals surface area contributed by atoms with E-state index >= 15 is 0 Å². The van der Waals surface area contributed by atoms with Crippen LogP contribution in [0.5, 0.6) is 0 Å². The molecule has 0 aromatic rings. The highest BCUT2D eigenvalue weighted by atomic mass is 16.1. The van der Waals surface area contributed by atoms with Crippen molar-refractivity contribution in [2.75, 3.05) is 0 Å². The van der Waals surface area contributed by atoms with Crippen molar-refractivity contribution >= 4 is 5.78 Å². The molecule has 0 radical (unpaired) electrons. The Morgan fingerprint density at radius 3 is 2.24 bits per heavy atom. The maximum absolute atomic E-state index is 12.4. The van der Waals surface area contributed by atoms with Gasteiger partial charge in [0.05, 0.1) is 0 Å². The van der Waals surface area contributed by atoms with Crippen molar-refractivity contribution in [3.63, 3.8) is 0 Å². The summed E-state index contributed by atoms with van der Waals surface area (Å²) in [6.07, 6.45) is 15.4. The van der Waals surface area contributed by atoms with E-state index in [0.29, 0.717) is 22.5 Å². The van der Waals surface area contributed by atoms with E-state index in [2.05, 4.69) is 20.8 Å². The zero-order valence-corrected chi connectivity index (χ0v) is 17.2. The van der Waals surface area contributed by atoms with E-state index in [0.717, 1.165) is 29.6 Å². The molecule has 0 bridgehead atoms. The van der Waals surface area contributed by atoms with E-state index < -0.39 is 0 Å². The molecule has 4 aliphatic rings. The van der Waals surface area contributed by atoms with Gasteiger partial charge >= 0.3 is 0 Å². The summed E-state index contributed by atoms with van der Waals surface area (Å²) in [4.78, 5) is 12.4. The lowest BCUT2D eigenvalue weighted by Gasteiger charge is -2.61. The molecule has 4 rings (SSSR count). The molecule has 142 valence electrons. The van der Waals surface area contributed by atoms with Crippen LogP contribution in [0.1, 0.15) is 98.3 Å². The second kappa shape index (κ2) is 6.38. The number of carbonyl (C=O) groups excluding carboxylic acids is 1. The Kier molecular flexibility index (Phi) is 4.61.